The number of benzene rings is 1. The molecular weight excluding hydrogens is 358 g/mol. The molecule has 0 fully saturated rings. The molecule has 4 aromatic rings. The zero-order chi connectivity index (χ0) is 19.2. The van der Waals surface area contributed by atoms with Gasteiger partial charge in [0.1, 0.15) is 5.82 Å². The van der Waals surface area contributed by atoms with E-state index in [9.17, 15) is 0 Å². The molecule has 5 heteroatoms. The number of nitrogens with zero attached hydrogens (tertiary/aromatic N) is 4. The van der Waals surface area contributed by atoms with Crippen LogP contribution in [0.1, 0.15) is 30.4 Å². The van der Waals surface area contributed by atoms with Crippen molar-refractivity contribution in [3.05, 3.63) is 83.8 Å². The van der Waals surface area contributed by atoms with Gasteiger partial charge in [-0.25, -0.2) is 4.98 Å². The van der Waals surface area contributed by atoms with Crippen molar-refractivity contribution >= 4 is 17.0 Å². The molecule has 0 radical (unpaired) electrons. The highest BCUT2D eigenvalue weighted by Gasteiger charge is 2.28. The Balaban J connectivity index is 1.33. The van der Waals surface area contributed by atoms with Crippen molar-refractivity contribution in [1.82, 2.24) is 19.6 Å². The molecule has 0 saturated carbocycles. The van der Waals surface area contributed by atoms with Crippen LogP contribution in [0.5, 0.6) is 0 Å². The summed E-state index contributed by atoms with van der Waals surface area (Å²) in [6, 6.07) is 17.3. The Morgan fingerprint density at radius 1 is 1.03 bits per heavy atom. The van der Waals surface area contributed by atoms with Gasteiger partial charge < -0.3 is 5.32 Å². The van der Waals surface area contributed by atoms with E-state index in [1.54, 1.807) is 23.5 Å². The Bertz CT molecular complexity index is 1240. The molecule has 29 heavy (non-hydrogen) atoms. The normalized spacial score (nSPS) is 18.0. The van der Waals surface area contributed by atoms with E-state index in [0.717, 1.165) is 48.4 Å². The number of rotatable bonds is 3. The number of fused-ring (bicyclic) bond motifs is 3. The van der Waals surface area contributed by atoms with E-state index >= 15 is 0 Å². The van der Waals surface area contributed by atoms with Gasteiger partial charge >= 0.3 is 0 Å². The summed E-state index contributed by atoms with van der Waals surface area (Å²) in [4.78, 5) is 9.00. The lowest BCUT2D eigenvalue weighted by Gasteiger charge is -2.26. The first kappa shape index (κ1) is 16.5. The minimum Gasteiger partial charge on any atom is -0.367 e. The molecule has 0 bridgehead atoms. The van der Waals surface area contributed by atoms with Gasteiger partial charge in [0.2, 0.25) is 0 Å². The fourth-order valence-electron chi connectivity index (χ4n) is 4.70. The van der Waals surface area contributed by atoms with Crippen molar-refractivity contribution in [1.29, 1.82) is 0 Å². The van der Waals surface area contributed by atoms with Crippen molar-refractivity contribution in [2.45, 2.75) is 31.7 Å². The third kappa shape index (κ3) is 2.81. The van der Waals surface area contributed by atoms with Crippen LogP contribution in [0, 0.1) is 0 Å². The monoisotopic (exact) mass is 379 g/mol. The van der Waals surface area contributed by atoms with Crippen molar-refractivity contribution in [3.8, 4) is 11.3 Å². The fraction of sp³-hybridized carbons (Fsp3) is 0.208. The maximum Gasteiger partial charge on any atom is 0.157 e. The molecule has 0 aliphatic heterocycles. The molecule has 2 aliphatic rings. The molecule has 6 rings (SSSR count). The first-order valence-electron chi connectivity index (χ1n) is 10.2. The van der Waals surface area contributed by atoms with E-state index in [-0.39, 0.29) is 0 Å². The summed E-state index contributed by atoms with van der Waals surface area (Å²) < 4.78 is 1.90. The second-order valence-electron chi connectivity index (χ2n) is 7.87. The molecule has 3 aromatic heterocycles. The molecule has 0 saturated heterocycles. The fourth-order valence-corrected chi connectivity index (χ4v) is 4.70. The van der Waals surface area contributed by atoms with E-state index in [1.807, 2.05) is 28.9 Å². The van der Waals surface area contributed by atoms with Crippen LogP contribution < -0.4 is 5.32 Å². The highest BCUT2D eigenvalue weighted by atomic mass is 15.3. The summed E-state index contributed by atoms with van der Waals surface area (Å²) in [7, 11) is 0. The number of hydrogen-bond donors (Lipinski definition) is 1. The molecule has 1 N–H and O–H groups in total. The highest BCUT2D eigenvalue weighted by molar-refractivity contribution is 5.78. The Hall–Kier alpha value is -3.47. The number of anilines is 1. The molecule has 2 aliphatic carbocycles. The SMILES string of the molecule is c1cncc(-c2cc(NC3CCC4=C(C3)c3ccccc3C4)n3nccc3n2)c1. The number of allylic oxidation sites excluding steroid dienone is 1. The minimum absolute atomic E-state index is 0.386. The van der Waals surface area contributed by atoms with Crippen LogP contribution in [0.2, 0.25) is 0 Å². The third-order valence-corrected chi connectivity index (χ3v) is 6.09. The van der Waals surface area contributed by atoms with Crippen molar-refractivity contribution in [2.24, 2.45) is 0 Å². The third-order valence-electron chi connectivity index (χ3n) is 6.09. The average Bonchev–Trinajstić information content (AvgIpc) is 3.39. The van der Waals surface area contributed by atoms with E-state index in [1.165, 1.54) is 11.1 Å². The van der Waals surface area contributed by atoms with E-state index in [4.69, 9.17) is 4.98 Å². The maximum atomic E-state index is 4.75. The van der Waals surface area contributed by atoms with Gasteiger partial charge in [0.25, 0.3) is 0 Å². The zero-order valence-corrected chi connectivity index (χ0v) is 16.0. The summed E-state index contributed by atoms with van der Waals surface area (Å²) >= 11 is 0. The van der Waals surface area contributed by atoms with E-state index in [0.29, 0.717) is 6.04 Å². The quantitative estimate of drug-likeness (QED) is 0.557. The summed E-state index contributed by atoms with van der Waals surface area (Å²) in [5.74, 6) is 0.985. The lowest BCUT2D eigenvalue weighted by molar-refractivity contribution is 0.629. The van der Waals surface area contributed by atoms with Crippen LogP contribution >= 0.6 is 0 Å². The van der Waals surface area contributed by atoms with E-state index < -0.39 is 0 Å². The minimum atomic E-state index is 0.386. The smallest absolute Gasteiger partial charge is 0.157 e. The molecule has 142 valence electrons. The van der Waals surface area contributed by atoms with Gasteiger partial charge in [0.15, 0.2) is 5.65 Å². The molecule has 5 nitrogen and oxygen atoms in total. The number of pyridine rings is 1. The largest absolute Gasteiger partial charge is 0.367 e. The van der Waals surface area contributed by atoms with Gasteiger partial charge in [-0.3, -0.25) is 4.98 Å². The predicted octanol–water partition coefficient (Wildman–Crippen LogP) is 4.77. The highest BCUT2D eigenvalue weighted by Crippen LogP contribution is 2.42. The molecule has 0 spiro atoms. The van der Waals surface area contributed by atoms with Gasteiger partial charge in [-0.15, -0.1) is 0 Å². The Morgan fingerprint density at radius 3 is 2.93 bits per heavy atom. The van der Waals surface area contributed by atoms with Crippen LogP contribution in [0.4, 0.5) is 5.82 Å². The Morgan fingerprint density at radius 2 is 2.00 bits per heavy atom. The molecule has 3 heterocycles. The van der Waals surface area contributed by atoms with Gasteiger partial charge in [0.05, 0.1) is 11.9 Å². The van der Waals surface area contributed by atoms with Gasteiger partial charge in [-0.2, -0.15) is 9.61 Å². The summed E-state index contributed by atoms with van der Waals surface area (Å²) in [5.41, 5.74) is 8.87. The Labute approximate surface area is 169 Å². The summed E-state index contributed by atoms with van der Waals surface area (Å²) in [6.45, 7) is 0. The first-order chi connectivity index (χ1) is 14.3. The summed E-state index contributed by atoms with van der Waals surface area (Å²) in [6.07, 6.45) is 9.92. The number of aromatic nitrogens is 4. The topological polar surface area (TPSA) is 55.1 Å². The molecule has 0 amide bonds. The molecule has 1 unspecified atom stereocenters. The standard InChI is InChI=1S/C24H21N5/c1-2-6-20-16(4-1)12-17-7-8-19(13-21(17)20)27-24-14-22(18-5-3-10-25-15-18)28-23-9-11-26-29(23)24/h1-6,9-11,14-15,19,27H,7-8,12-13H2. The first-order valence-corrected chi connectivity index (χ1v) is 10.2. The summed E-state index contributed by atoms with van der Waals surface area (Å²) in [5, 5.41) is 8.25. The lowest BCUT2D eigenvalue weighted by Crippen LogP contribution is -2.24. The number of hydrogen-bond acceptors (Lipinski definition) is 4. The maximum absolute atomic E-state index is 4.75. The van der Waals surface area contributed by atoms with Crippen molar-refractivity contribution in [3.63, 3.8) is 0 Å². The second-order valence-corrected chi connectivity index (χ2v) is 7.87. The van der Waals surface area contributed by atoms with Crippen molar-refractivity contribution < 1.29 is 0 Å². The molecular formula is C24H21N5. The van der Waals surface area contributed by atoms with Crippen LogP contribution in [-0.2, 0) is 6.42 Å². The van der Waals surface area contributed by atoms with Crippen LogP contribution in [0.25, 0.3) is 22.5 Å². The van der Waals surface area contributed by atoms with Gasteiger partial charge in [-0.1, -0.05) is 29.8 Å². The average molecular weight is 379 g/mol. The van der Waals surface area contributed by atoms with Crippen LogP contribution in [0.3, 0.4) is 0 Å². The Kier molecular flexibility index (Phi) is 3.72. The van der Waals surface area contributed by atoms with Crippen LogP contribution in [-0.4, -0.2) is 25.6 Å². The zero-order valence-electron chi connectivity index (χ0n) is 16.0. The van der Waals surface area contributed by atoms with Crippen molar-refractivity contribution in [2.75, 3.05) is 5.32 Å². The van der Waals surface area contributed by atoms with E-state index in [2.05, 4.69) is 45.7 Å². The van der Waals surface area contributed by atoms with Crippen LogP contribution in [0.15, 0.2) is 72.7 Å². The van der Waals surface area contributed by atoms with Gasteiger partial charge in [-0.05, 0) is 54.5 Å². The molecule has 1 atom stereocenters. The predicted molar refractivity (Wildman–Crippen MR) is 115 cm³/mol. The molecule has 1 aromatic carbocycles. The van der Waals surface area contributed by atoms with Gasteiger partial charge in [0, 0.05) is 36.1 Å². The number of nitrogens with one attached hydrogen (secondary N) is 1. The lowest BCUT2D eigenvalue weighted by atomic mass is 9.88. The second kappa shape index (κ2) is 6.55.